The molecule has 7 fully saturated rings. The summed E-state index contributed by atoms with van der Waals surface area (Å²) in [6.45, 7) is 9.03. The van der Waals surface area contributed by atoms with Gasteiger partial charge in [-0.2, -0.15) is 0 Å². The van der Waals surface area contributed by atoms with Gasteiger partial charge in [0.15, 0.2) is 12.1 Å². The SMILES string of the molecule is C[C@@H]1CC[C@@]2(OC1)O[C@H]1C[C@H]3[C@@H]4CC[C@]5(O[C@@H]6O[C@H](CO)[C@@H](O)[C@H](O)[C@H]6O)[C@@H](O)[C@@H](O)C[C@@H](O)[C@]5(C)[C@H]4CC[C@]3(C)[C@H]1[C@@H]2C. The van der Waals surface area contributed by atoms with E-state index in [4.69, 9.17) is 18.9 Å². The lowest BCUT2D eigenvalue weighted by Gasteiger charge is -2.68. The van der Waals surface area contributed by atoms with Crippen molar-refractivity contribution in [3.05, 3.63) is 0 Å². The average Bonchev–Trinajstić information content (AvgIpc) is 3.44. The van der Waals surface area contributed by atoms with E-state index in [1.807, 2.05) is 6.92 Å². The molecule has 0 aromatic heterocycles. The highest BCUT2D eigenvalue weighted by Gasteiger charge is 2.74. The van der Waals surface area contributed by atoms with Crippen molar-refractivity contribution in [3.63, 3.8) is 0 Å². The molecule has 0 radical (unpaired) electrons. The molecule has 252 valence electrons. The first-order chi connectivity index (χ1) is 20.7. The maximum atomic E-state index is 11.8. The normalized spacial score (nSPS) is 62.1. The summed E-state index contributed by atoms with van der Waals surface area (Å²) < 4.78 is 25.6. The number of aliphatic hydroxyl groups excluding tert-OH is 7. The van der Waals surface area contributed by atoms with Crippen LogP contribution >= 0.6 is 0 Å². The lowest BCUT2D eigenvalue weighted by Crippen LogP contribution is -2.76. The van der Waals surface area contributed by atoms with Crippen molar-refractivity contribution in [2.45, 2.75) is 146 Å². The second kappa shape index (κ2) is 10.8. The molecule has 0 unspecified atom stereocenters. The van der Waals surface area contributed by atoms with Gasteiger partial charge < -0.3 is 54.7 Å². The second-order valence-corrected chi connectivity index (χ2v) is 16.2. The predicted octanol–water partition coefficient (Wildman–Crippen LogP) is 0.675. The zero-order chi connectivity index (χ0) is 31.6. The summed E-state index contributed by atoms with van der Waals surface area (Å²) in [6, 6.07) is 0. The third kappa shape index (κ3) is 4.14. The molecule has 19 atom stereocenters. The van der Waals surface area contributed by atoms with E-state index in [-0.39, 0.29) is 35.7 Å². The van der Waals surface area contributed by atoms with Crippen molar-refractivity contribution in [1.82, 2.24) is 0 Å². The van der Waals surface area contributed by atoms with Crippen LogP contribution in [0.2, 0.25) is 0 Å². The highest BCUT2D eigenvalue weighted by atomic mass is 16.7. The Kier molecular flexibility index (Phi) is 7.87. The molecule has 0 bridgehead atoms. The third-order valence-corrected chi connectivity index (χ3v) is 14.4. The van der Waals surface area contributed by atoms with Crippen LogP contribution < -0.4 is 0 Å². The summed E-state index contributed by atoms with van der Waals surface area (Å²) in [6.07, 6.45) is -5.39. The summed E-state index contributed by atoms with van der Waals surface area (Å²) in [5.74, 6) is 1.21. The lowest BCUT2D eigenvalue weighted by atomic mass is 9.41. The van der Waals surface area contributed by atoms with Gasteiger partial charge in [-0.15, -0.1) is 0 Å². The molecular formula is C33H54O11. The molecule has 0 aromatic rings. The van der Waals surface area contributed by atoms with E-state index in [2.05, 4.69) is 20.8 Å². The third-order valence-electron chi connectivity index (χ3n) is 14.4. The van der Waals surface area contributed by atoms with Crippen LogP contribution in [0, 0.1) is 46.3 Å². The van der Waals surface area contributed by atoms with Gasteiger partial charge in [0.25, 0.3) is 0 Å². The molecule has 7 rings (SSSR count). The second-order valence-electron chi connectivity index (χ2n) is 16.2. The zero-order valence-electron chi connectivity index (χ0n) is 26.5. The van der Waals surface area contributed by atoms with Crippen LogP contribution in [0.3, 0.4) is 0 Å². The van der Waals surface area contributed by atoms with Crippen molar-refractivity contribution >= 4 is 0 Å². The molecule has 3 aliphatic heterocycles. The number of rotatable bonds is 3. The topological polar surface area (TPSA) is 179 Å². The molecule has 4 aliphatic carbocycles. The molecule has 7 N–H and O–H groups in total. The van der Waals surface area contributed by atoms with Gasteiger partial charge in [-0.25, -0.2) is 0 Å². The summed E-state index contributed by atoms with van der Waals surface area (Å²) in [4.78, 5) is 0. The fourth-order valence-electron chi connectivity index (χ4n) is 12.0. The van der Waals surface area contributed by atoms with Crippen molar-refractivity contribution in [2.24, 2.45) is 46.3 Å². The Morgan fingerprint density at radius 1 is 0.841 bits per heavy atom. The Morgan fingerprint density at radius 2 is 1.59 bits per heavy atom. The zero-order valence-corrected chi connectivity index (χ0v) is 26.5. The predicted molar refractivity (Wildman–Crippen MR) is 155 cm³/mol. The number of hydrogen-bond acceptors (Lipinski definition) is 11. The first kappa shape index (κ1) is 32.1. The molecule has 4 saturated carbocycles. The monoisotopic (exact) mass is 626 g/mol. The smallest absolute Gasteiger partial charge is 0.187 e. The minimum Gasteiger partial charge on any atom is -0.394 e. The Morgan fingerprint density at radius 3 is 2.27 bits per heavy atom. The minimum atomic E-state index is -1.66. The molecule has 11 nitrogen and oxygen atoms in total. The fraction of sp³-hybridized carbons (Fsp3) is 1.00. The molecule has 0 aromatic carbocycles. The van der Waals surface area contributed by atoms with Gasteiger partial charge in [0.1, 0.15) is 36.1 Å². The fourth-order valence-corrected chi connectivity index (χ4v) is 12.0. The van der Waals surface area contributed by atoms with E-state index in [0.717, 1.165) is 38.7 Å². The minimum absolute atomic E-state index is 0.00765. The van der Waals surface area contributed by atoms with E-state index >= 15 is 0 Å². The number of hydrogen-bond donors (Lipinski definition) is 7. The first-order valence-corrected chi connectivity index (χ1v) is 17.1. The summed E-state index contributed by atoms with van der Waals surface area (Å²) >= 11 is 0. The molecule has 11 heteroatoms. The lowest BCUT2D eigenvalue weighted by molar-refractivity contribution is -0.389. The molecule has 0 amide bonds. The van der Waals surface area contributed by atoms with Gasteiger partial charge in [0.2, 0.25) is 0 Å². The molecular weight excluding hydrogens is 572 g/mol. The Balaban J connectivity index is 1.19. The highest BCUT2D eigenvalue weighted by Crippen LogP contribution is 2.72. The van der Waals surface area contributed by atoms with Crippen LogP contribution in [0.25, 0.3) is 0 Å². The van der Waals surface area contributed by atoms with E-state index in [9.17, 15) is 35.7 Å². The Hall–Kier alpha value is -0.440. The van der Waals surface area contributed by atoms with E-state index in [1.165, 1.54) is 0 Å². The van der Waals surface area contributed by atoms with Gasteiger partial charge in [-0.1, -0.05) is 27.7 Å². The van der Waals surface area contributed by atoms with E-state index in [0.29, 0.717) is 30.6 Å². The van der Waals surface area contributed by atoms with E-state index in [1.54, 1.807) is 0 Å². The van der Waals surface area contributed by atoms with Crippen LogP contribution in [-0.2, 0) is 18.9 Å². The van der Waals surface area contributed by atoms with Gasteiger partial charge in [0, 0.05) is 24.2 Å². The number of fused-ring (bicyclic) bond motifs is 7. The van der Waals surface area contributed by atoms with Crippen molar-refractivity contribution in [2.75, 3.05) is 13.2 Å². The standard InChI is InChI=1S/C33H54O11/c1-15-5-10-33(41-14-15)16(2)24-21(43-33)11-19-17-6-9-32(44-29-27(39)26(38)25(37)22(13-34)42-29)28(40)20(35)12-23(36)31(32,4)18(17)7-8-30(19,24)3/h15-29,34-40H,5-14H2,1-4H3/t15-,16+,17-,18+,19+,20+,21+,22-,23-,24+,25-,26+,27-,28+,29+,30+,31+,32+,33-/m1/s1. The van der Waals surface area contributed by atoms with Crippen LogP contribution in [-0.4, -0.2) is 115 Å². The van der Waals surface area contributed by atoms with Gasteiger partial charge in [0.05, 0.1) is 31.5 Å². The van der Waals surface area contributed by atoms with Gasteiger partial charge >= 0.3 is 0 Å². The quantitative estimate of drug-likeness (QED) is 0.219. The molecule has 7 aliphatic rings. The number of ether oxygens (including phenoxy) is 4. The largest absolute Gasteiger partial charge is 0.394 e. The Labute approximate surface area is 259 Å². The average molecular weight is 627 g/mol. The number of aliphatic hydroxyl groups is 7. The highest BCUT2D eigenvalue weighted by molar-refractivity contribution is 5.22. The molecule has 3 heterocycles. The summed E-state index contributed by atoms with van der Waals surface area (Å²) in [5.41, 5.74) is -2.47. The van der Waals surface area contributed by atoms with E-state index < -0.39 is 72.4 Å². The Bertz CT molecular complexity index is 1080. The van der Waals surface area contributed by atoms with Crippen molar-refractivity contribution < 1.29 is 54.7 Å². The first-order valence-electron chi connectivity index (χ1n) is 17.1. The molecule has 3 saturated heterocycles. The van der Waals surface area contributed by atoms with Crippen LogP contribution in [0.4, 0.5) is 0 Å². The van der Waals surface area contributed by atoms with Gasteiger partial charge in [-0.05, 0) is 73.5 Å². The van der Waals surface area contributed by atoms with Gasteiger partial charge in [-0.3, -0.25) is 0 Å². The summed E-state index contributed by atoms with van der Waals surface area (Å²) in [7, 11) is 0. The van der Waals surface area contributed by atoms with Crippen LogP contribution in [0.15, 0.2) is 0 Å². The molecule has 1 spiro atoms. The van der Waals surface area contributed by atoms with Crippen LogP contribution in [0.5, 0.6) is 0 Å². The van der Waals surface area contributed by atoms with Crippen LogP contribution in [0.1, 0.15) is 79.1 Å². The van der Waals surface area contributed by atoms with Crippen molar-refractivity contribution in [1.29, 1.82) is 0 Å². The maximum absolute atomic E-state index is 11.8. The van der Waals surface area contributed by atoms with Crippen molar-refractivity contribution in [3.8, 4) is 0 Å². The maximum Gasteiger partial charge on any atom is 0.187 e. The molecule has 44 heavy (non-hydrogen) atoms. The summed E-state index contributed by atoms with van der Waals surface area (Å²) in [5, 5.41) is 76.0.